The van der Waals surface area contributed by atoms with Crippen LogP contribution in [0.5, 0.6) is 0 Å². The van der Waals surface area contributed by atoms with Gasteiger partial charge in [0.15, 0.2) is 5.82 Å². The van der Waals surface area contributed by atoms with Crippen molar-refractivity contribution in [1.29, 1.82) is 0 Å². The second kappa shape index (κ2) is 9.64. The van der Waals surface area contributed by atoms with Crippen LogP contribution in [0.3, 0.4) is 0 Å². The number of benzene rings is 2. The number of aromatic nitrogens is 4. The first-order chi connectivity index (χ1) is 17.2. The maximum absolute atomic E-state index is 4.96. The molecule has 2 saturated heterocycles. The summed E-state index contributed by atoms with van der Waals surface area (Å²) in [4.78, 5) is 17.2. The number of nitrogens with one attached hydrogen (secondary N) is 1. The van der Waals surface area contributed by atoms with Gasteiger partial charge in [0.05, 0.1) is 5.69 Å². The Morgan fingerprint density at radius 3 is 2.34 bits per heavy atom. The maximum Gasteiger partial charge on any atom is 0.254 e. The third-order valence-electron chi connectivity index (χ3n) is 6.95. The minimum absolute atomic E-state index is 0.429. The molecule has 0 radical (unpaired) electrons. The zero-order valence-electron chi connectivity index (χ0n) is 20.2. The molecule has 0 saturated carbocycles. The fourth-order valence-electron chi connectivity index (χ4n) is 5.09. The number of fused-ring (bicyclic) bond motifs is 1. The summed E-state index contributed by atoms with van der Waals surface area (Å²) in [7, 11) is 0. The van der Waals surface area contributed by atoms with Crippen molar-refractivity contribution in [1.82, 2.24) is 29.8 Å². The minimum Gasteiger partial charge on any atom is -0.369 e. The summed E-state index contributed by atoms with van der Waals surface area (Å²) in [5.74, 6) is 2.47. The van der Waals surface area contributed by atoms with E-state index >= 15 is 0 Å². The Morgan fingerprint density at radius 1 is 0.857 bits per heavy atom. The summed E-state index contributed by atoms with van der Waals surface area (Å²) in [6, 6.07) is 23.5. The van der Waals surface area contributed by atoms with E-state index in [1.54, 1.807) is 0 Å². The van der Waals surface area contributed by atoms with Crippen LogP contribution in [-0.2, 0) is 6.54 Å². The molecule has 0 spiro atoms. The van der Waals surface area contributed by atoms with E-state index in [1.807, 2.05) is 22.7 Å². The van der Waals surface area contributed by atoms with E-state index in [0.717, 1.165) is 75.3 Å². The summed E-state index contributed by atoms with van der Waals surface area (Å²) in [6.45, 7) is 9.98. The fourth-order valence-corrected chi connectivity index (χ4v) is 5.09. The molecule has 8 heteroatoms. The molecule has 0 amide bonds. The smallest absolute Gasteiger partial charge is 0.254 e. The van der Waals surface area contributed by atoms with E-state index in [2.05, 4.69) is 75.5 Å². The summed E-state index contributed by atoms with van der Waals surface area (Å²) in [5, 5.41) is 8.42. The average Bonchev–Trinajstić information content (AvgIpc) is 3.34. The van der Waals surface area contributed by atoms with Crippen molar-refractivity contribution in [3.05, 3.63) is 72.4 Å². The van der Waals surface area contributed by atoms with Gasteiger partial charge in [-0.2, -0.15) is 9.50 Å². The van der Waals surface area contributed by atoms with Crippen molar-refractivity contribution in [3.63, 3.8) is 0 Å². The zero-order valence-corrected chi connectivity index (χ0v) is 20.2. The van der Waals surface area contributed by atoms with Crippen molar-refractivity contribution in [3.8, 4) is 11.4 Å². The Balaban J connectivity index is 1.27. The predicted octanol–water partition coefficient (Wildman–Crippen LogP) is 2.91. The van der Waals surface area contributed by atoms with Crippen LogP contribution in [0, 0.1) is 0 Å². The van der Waals surface area contributed by atoms with Crippen LogP contribution in [0.2, 0.25) is 0 Å². The van der Waals surface area contributed by atoms with Gasteiger partial charge in [0.25, 0.3) is 5.78 Å². The van der Waals surface area contributed by atoms with Gasteiger partial charge in [0.1, 0.15) is 5.82 Å². The molecule has 2 aliphatic rings. The Labute approximate surface area is 206 Å². The van der Waals surface area contributed by atoms with Crippen molar-refractivity contribution >= 4 is 17.3 Å². The molecule has 6 rings (SSSR count). The average molecular weight is 469 g/mol. The lowest BCUT2D eigenvalue weighted by Crippen LogP contribution is -2.50. The van der Waals surface area contributed by atoms with E-state index in [-0.39, 0.29) is 0 Å². The molecule has 1 unspecified atom stereocenters. The van der Waals surface area contributed by atoms with Gasteiger partial charge in [-0.3, -0.25) is 4.90 Å². The van der Waals surface area contributed by atoms with E-state index < -0.39 is 0 Å². The van der Waals surface area contributed by atoms with Gasteiger partial charge in [0.2, 0.25) is 0 Å². The Bertz CT molecular complexity index is 1260. The highest BCUT2D eigenvalue weighted by Crippen LogP contribution is 2.23. The zero-order chi connectivity index (χ0) is 23.6. The van der Waals surface area contributed by atoms with Crippen LogP contribution in [0.4, 0.5) is 11.5 Å². The number of nitrogens with zero attached hydrogens (tertiary/aromatic N) is 7. The van der Waals surface area contributed by atoms with Gasteiger partial charge in [-0.15, -0.1) is 5.10 Å². The molecular formula is C27H32N8. The van der Waals surface area contributed by atoms with Crippen LogP contribution >= 0.6 is 0 Å². The lowest BCUT2D eigenvalue weighted by atomic mass is 10.2. The highest BCUT2D eigenvalue weighted by atomic mass is 15.4. The normalized spacial score (nSPS) is 19.4. The van der Waals surface area contributed by atoms with Crippen molar-refractivity contribution < 1.29 is 0 Å². The number of anilines is 2. The van der Waals surface area contributed by atoms with E-state index in [4.69, 9.17) is 15.1 Å². The SMILES string of the molecule is CC1CN(c2cc(CN3CCN(c4ccccc4)CC3)nc3nc(-c4ccccc4)nn23)CCN1. The molecule has 4 aromatic rings. The van der Waals surface area contributed by atoms with Crippen LogP contribution in [0.1, 0.15) is 12.6 Å². The summed E-state index contributed by atoms with van der Waals surface area (Å²) in [6.07, 6.45) is 0. The van der Waals surface area contributed by atoms with Gasteiger partial charge >= 0.3 is 0 Å². The van der Waals surface area contributed by atoms with Crippen molar-refractivity contribution in [2.45, 2.75) is 19.5 Å². The molecule has 8 nitrogen and oxygen atoms in total. The first-order valence-corrected chi connectivity index (χ1v) is 12.6. The van der Waals surface area contributed by atoms with Gasteiger partial charge in [-0.05, 0) is 19.1 Å². The molecule has 1 N–H and O–H groups in total. The standard InChI is InChI=1S/C27H32N8/c1-21-19-34(13-12-28-21)25-18-23(20-32-14-16-33(17-15-32)24-10-6-3-7-11-24)29-27-30-26(31-35(25)27)22-8-4-2-5-9-22/h2-11,18,21,28H,12-17,19-20H2,1H3. The second-order valence-corrected chi connectivity index (χ2v) is 9.52. The highest BCUT2D eigenvalue weighted by molar-refractivity contribution is 5.59. The summed E-state index contributed by atoms with van der Waals surface area (Å²) in [5.41, 5.74) is 3.37. The first-order valence-electron chi connectivity index (χ1n) is 12.6. The maximum atomic E-state index is 4.96. The molecule has 2 aromatic heterocycles. The Hall–Kier alpha value is -3.49. The molecule has 0 bridgehead atoms. The lowest BCUT2D eigenvalue weighted by molar-refractivity contribution is 0.247. The third kappa shape index (κ3) is 4.72. The Kier molecular flexibility index (Phi) is 6.06. The molecule has 2 aliphatic heterocycles. The second-order valence-electron chi connectivity index (χ2n) is 9.52. The fraction of sp³-hybridized carbons (Fsp3) is 0.370. The largest absolute Gasteiger partial charge is 0.369 e. The van der Waals surface area contributed by atoms with Gasteiger partial charge in [-0.1, -0.05) is 48.5 Å². The highest BCUT2D eigenvalue weighted by Gasteiger charge is 2.23. The van der Waals surface area contributed by atoms with Crippen LogP contribution < -0.4 is 15.1 Å². The minimum atomic E-state index is 0.429. The number of rotatable bonds is 5. The monoisotopic (exact) mass is 468 g/mol. The van der Waals surface area contributed by atoms with Gasteiger partial charge < -0.3 is 15.1 Å². The molecule has 4 heterocycles. The number of hydrogen-bond donors (Lipinski definition) is 1. The van der Waals surface area contributed by atoms with Gasteiger partial charge in [-0.25, -0.2) is 4.98 Å². The molecule has 0 aliphatic carbocycles. The molecule has 180 valence electrons. The van der Waals surface area contributed by atoms with Crippen LogP contribution in [0.15, 0.2) is 66.7 Å². The molecule has 1 atom stereocenters. The van der Waals surface area contributed by atoms with Crippen LogP contribution in [-0.4, -0.2) is 76.3 Å². The third-order valence-corrected chi connectivity index (χ3v) is 6.95. The summed E-state index contributed by atoms with van der Waals surface area (Å²) >= 11 is 0. The Morgan fingerprint density at radius 2 is 1.60 bits per heavy atom. The lowest BCUT2D eigenvalue weighted by Gasteiger charge is -2.36. The predicted molar refractivity (Wildman–Crippen MR) is 140 cm³/mol. The van der Waals surface area contributed by atoms with Gasteiger partial charge in [0, 0.05) is 75.7 Å². The van der Waals surface area contributed by atoms with Crippen molar-refractivity contribution in [2.75, 3.05) is 55.6 Å². The number of hydrogen-bond acceptors (Lipinski definition) is 7. The topological polar surface area (TPSA) is 64.8 Å². The van der Waals surface area contributed by atoms with Crippen LogP contribution in [0.25, 0.3) is 17.2 Å². The quantitative estimate of drug-likeness (QED) is 0.483. The van der Waals surface area contributed by atoms with Crippen molar-refractivity contribution in [2.24, 2.45) is 0 Å². The number of para-hydroxylation sites is 1. The molecule has 35 heavy (non-hydrogen) atoms. The number of piperazine rings is 2. The van der Waals surface area contributed by atoms with E-state index in [1.165, 1.54) is 5.69 Å². The van der Waals surface area contributed by atoms with E-state index in [9.17, 15) is 0 Å². The summed E-state index contributed by atoms with van der Waals surface area (Å²) < 4.78 is 1.93. The first kappa shape index (κ1) is 22.0. The molecular weight excluding hydrogens is 436 g/mol. The molecule has 2 fully saturated rings. The molecule has 2 aromatic carbocycles. The van der Waals surface area contributed by atoms with E-state index in [0.29, 0.717) is 11.8 Å².